The molecule has 0 unspecified atom stereocenters. The first-order valence-corrected chi connectivity index (χ1v) is 12.3. The number of ether oxygens (including phenoxy) is 1. The number of aromatic nitrogens is 3. The summed E-state index contributed by atoms with van der Waals surface area (Å²) in [5.74, 6) is 0.548. The Kier molecular flexibility index (Phi) is 7.79. The van der Waals surface area contributed by atoms with Crippen molar-refractivity contribution >= 4 is 34.3 Å². The van der Waals surface area contributed by atoms with E-state index >= 15 is 0 Å². The molecule has 1 atom stereocenters. The maximum atomic E-state index is 13.9. The second-order valence-electron chi connectivity index (χ2n) is 9.76. The van der Waals surface area contributed by atoms with Gasteiger partial charge in [0, 0.05) is 63.2 Å². The SMILES string of the molecule is COCC(=O)Nc1cc(C(=O)N2CCC[C@@H](C(=O)CC(C)C)C2)c2c(c1)nc(-c1ccncc1)n2C. The number of anilines is 1. The van der Waals surface area contributed by atoms with Crippen molar-refractivity contribution < 1.29 is 19.1 Å². The highest BCUT2D eigenvalue weighted by molar-refractivity contribution is 6.08. The topological polar surface area (TPSA) is 106 Å². The zero-order valence-electron chi connectivity index (χ0n) is 21.3. The van der Waals surface area contributed by atoms with Crippen LogP contribution < -0.4 is 5.32 Å². The first-order chi connectivity index (χ1) is 17.3. The summed E-state index contributed by atoms with van der Waals surface area (Å²) < 4.78 is 6.83. The summed E-state index contributed by atoms with van der Waals surface area (Å²) in [4.78, 5) is 49.5. The van der Waals surface area contributed by atoms with E-state index in [0.717, 1.165) is 18.4 Å². The van der Waals surface area contributed by atoms with Gasteiger partial charge in [-0.15, -0.1) is 0 Å². The van der Waals surface area contributed by atoms with Crippen molar-refractivity contribution in [1.82, 2.24) is 19.4 Å². The van der Waals surface area contributed by atoms with Gasteiger partial charge in [0.1, 0.15) is 18.2 Å². The normalized spacial score (nSPS) is 15.9. The van der Waals surface area contributed by atoms with Crippen molar-refractivity contribution in [3.05, 3.63) is 42.2 Å². The number of ketones is 1. The van der Waals surface area contributed by atoms with Gasteiger partial charge >= 0.3 is 0 Å². The Balaban J connectivity index is 1.74. The van der Waals surface area contributed by atoms with Crippen LogP contribution in [0.5, 0.6) is 0 Å². The minimum Gasteiger partial charge on any atom is -0.375 e. The number of pyridine rings is 1. The van der Waals surface area contributed by atoms with E-state index in [-0.39, 0.29) is 36.0 Å². The molecule has 2 amide bonds. The Morgan fingerprint density at radius 1 is 1.19 bits per heavy atom. The van der Waals surface area contributed by atoms with Gasteiger partial charge in [-0.25, -0.2) is 4.98 Å². The molecule has 190 valence electrons. The van der Waals surface area contributed by atoms with Gasteiger partial charge in [0.2, 0.25) is 5.91 Å². The van der Waals surface area contributed by atoms with Crippen LogP contribution in [0.3, 0.4) is 0 Å². The van der Waals surface area contributed by atoms with Crippen LogP contribution in [0.15, 0.2) is 36.7 Å². The molecule has 1 aliphatic heterocycles. The third-order valence-electron chi connectivity index (χ3n) is 6.47. The fraction of sp³-hybridized carbons (Fsp3) is 0.444. The zero-order chi connectivity index (χ0) is 25.8. The number of hydrogen-bond acceptors (Lipinski definition) is 6. The molecular weight excluding hydrogens is 458 g/mol. The summed E-state index contributed by atoms with van der Waals surface area (Å²) in [5, 5.41) is 2.80. The van der Waals surface area contributed by atoms with Crippen molar-refractivity contribution in [3.63, 3.8) is 0 Å². The number of amides is 2. The van der Waals surface area contributed by atoms with Crippen molar-refractivity contribution in [1.29, 1.82) is 0 Å². The molecule has 1 N–H and O–H groups in total. The average molecular weight is 492 g/mol. The molecule has 1 saturated heterocycles. The highest BCUT2D eigenvalue weighted by atomic mass is 16.5. The van der Waals surface area contributed by atoms with E-state index in [1.54, 1.807) is 29.4 Å². The number of aryl methyl sites for hydroxylation is 1. The summed E-state index contributed by atoms with van der Waals surface area (Å²) in [6.45, 7) is 4.96. The molecule has 0 bridgehead atoms. The molecule has 3 heterocycles. The summed E-state index contributed by atoms with van der Waals surface area (Å²) in [7, 11) is 3.32. The molecule has 1 aliphatic rings. The third-order valence-corrected chi connectivity index (χ3v) is 6.47. The lowest BCUT2D eigenvalue weighted by molar-refractivity contribution is -0.125. The molecule has 1 fully saturated rings. The fourth-order valence-electron chi connectivity index (χ4n) is 4.84. The van der Waals surface area contributed by atoms with Crippen molar-refractivity contribution in [2.45, 2.75) is 33.1 Å². The molecule has 0 saturated carbocycles. The van der Waals surface area contributed by atoms with Gasteiger partial charge in [-0.3, -0.25) is 19.4 Å². The number of nitrogens with zero attached hydrogens (tertiary/aromatic N) is 4. The molecule has 0 radical (unpaired) electrons. The number of likely N-dealkylation sites (tertiary alicyclic amines) is 1. The quantitative estimate of drug-likeness (QED) is 0.515. The lowest BCUT2D eigenvalue weighted by atomic mass is 9.89. The number of methoxy groups -OCH3 is 1. The Hall–Kier alpha value is -3.59. The number of benzene rings is 1. The molecule has 9 nitrogen and oxygen atoms in total. The van der Waals surface area contributed by atoms with Crippen molar-refractivity contribution in [3.8, 4) is 11.4 Å². The number of rotatable bonds is 8. The van der Waals surface area contributed by atoms with Crippen LogP contribution in [0.25, 0.3) is 22.4 Å². The number of carbonyl (C=O) groups is 3. The van der Waals surface area contributed by atoms with Crippen LogP contribution in [0.1, 0.15) is 43.5 Å². The number of hydrogen-bond donors (Lipinski definition) is 1. The van der Waals surface area contributed by atoms with E-state index in [0.29, 0.717) is 47.6 Å². The number of nitrogens with one attached hydrogen (secondary N) is 1. The van der Waals surface area contributed by atoms with E-state index in [1.807, 2.05) is 37.6 Å². The third kappa shape index (κ3) is 5.46. The van der Waals surface area contributed by atoms with Crippen LogP contribution in [0.4, 0.5) is 5.69 Å². The molecule has 4 rings (SSSR count). The molecule has 0 aliphatic carbocycles. The number of piperidine rings is 1. The summed E-state index contributed by atoms with van der Waals surface area (Å²) in [6, 6.07) is 7.17. The lowest BCUT2D eigenvalue weighted by Crippen LogP contribution is -2.42. The van der Waals surface area contributed by atoms with E-state index in [2.05, 4.69) is 10.3 Å². The fourth-order valence-corrected chi connectivity index (χ4v) is 4.84. The van der Waals surface area contributed by atoms with Crippen LogP contribution in [0.2, 0.25) is 0 Å². The van der Waals surface area contributed by atoms with Gasteiger partial charge in [0.25, 0.3) is 5.91 Å². The molecule has 1 aromatic carbocycles. The smallest absolute Gasteiger partial charge is 0.256 e. The molecule has 2 aromatic heterocycles. The average Bonchev–Trinajstić information content (AvgIpc) is 3.19. The van der Waals surface area contributed by atoms with Gasteiger partial charge < -0.3 is 19.5 Å². The molecule has 9 heteroatoms. The predicted octanol–water partition coefficient (Wildman–Crippen LogP) is 3.69. The maximum Gasteiger partial charge on any atom is 0.256 e. The number of imidazole rings is 1. The molecule has 36 heavy (non-hydrogen) atoms. The highest BCUT2D eigenvalue weighted by Gasteiger charge is 2.31. The maximum absolute atomic E-state index is 13.9. The van der Waals surface area contributed by atoms with E-state index in [9.17, 15) is 14.4 Å². The van der Waals surface area contributed by atoms with E-state index in [4.69, 9.17) is 9.72 Å². The zero-order valence-corrected chi connectivity index (χ0v) is 21.3. The minimum atomic E-state index is -0.321. The van der Waals surface area contributed by atoms with E-state index in [1.165, 1.54) is 7.11 Å². The Bertz CT molecular complexity index is 1270. The van der Waals surface area contributed by atoms with Gasteiger partial charge in [0.05, 0.1) is 16.6 Å². The van der Waals surface area contributed by atoms with Gasteiger partial charge in [-0.2, -0.15) is 0 Å². The second-order valence-corrected chi connectivity index (χ2v) is 9.76. The lowest BCUT2D eigenvalue weighted by Gasteiger charge is -2.32. The van der Waals surface area contributed by atoms with Crippen LogP contribution >= 0.6 is 0 Å². The van der Waals surface area contributed by atoms with E-state index < -0.39 is 0 Å². The molecular formula is C27H33N5O4. The first-order valence-electron chi connectivity index (χ1n) is 12.3. The Labute approximate surface area is 210 Å². The second kappa shape index (κ2) is 11.0. The van der Waals surface area contributed by atoms with Crippen LogP contribution in [-0.4, -0.2) is 63.8 Å². The molecule has 0 spiro atoms. The van der Waals surface area contributed by atoms with Crippen LogP contribution in [-0.2, 0) is 21.4 Å². The first kappa shape index (κ1) is 25.5. The van der Waals surface area contributed by atoms with Gasteiger partial charge in [-0.05, 0) is 43.0 Å². The largest absolute Gasteiger partial charge is 0.375 e. The van der Waals surface area contributed by atoms with Crippen molar-refractivity contribution in [2.75, 3.05) is 32.1 Å². The number of fused-ring (bicyclic) bond motifs is 1. The summed E-state index contributed by atoms with van der Waals surface area (Å²) >= 11 is 0. The Morgan fingerprint density at radius 3 is 2.64 bits per heavy atom. The predicted molar refractivity (Wildman–Crippen MR) is 138 cm³/mol. The summed E-state index contributed by atoms with van der Waals surface area (Å²) in [6.07, 6.45) is 5.49. The standard InChI is InChI=1S/C27H33N5O4/c1-17(2)12-23(33)19-6-5-11-32(15-19)27(35)21-13-20(29-24(34)16-36-4)14-22-25(21)31(3)26(30-22)18-7-9-28-10-8-18/h7-10,13-14,17,19H,5-6,11-12,15-16H2,1-4H3,(H,29,34)/t19-/m1/s1. The number of carbonyl (C=O) groups excluding carboxylic acids is 3. The van der Waals surface area contributed by atoms with Crippen LogP contribution in [0, 0.1) is 11.8 Å². The van der Waals surface area contributed by atoms with Gasteiger partial charge in [0.15, 0.2) is 0 Å². The minimum absolute atomic E-state index is 0.0996. The van der Waals surface area contributed by atoms with Gasteiger partial charge in [-0.1, -0.05) is 13.8 Å². The Morgan fingerprint density at radius 2 is 1.94 bits per heavy atom. The monoisotopic (exact) mass is 491 g/mol. The number of Topliss-reactive ketones (excluding diaryl/α,β-unsaturated/α-hetero) is 1. The molecule has 3 aromatic rings. The van der Waals surface area contributed by atoms with Crippen molar-refractivity contribution in [2.24, 2.45) is 18.9 Å². The highest BCUT2D eigenvalue weighted by Crippen LogP contribution is 2.31. The summed E-state index contributed by atoms with van der Waals surface area (Å²) in [5.41, 5.74) is 3.04.